The highest BCUT2D eigenvalue weighted by Crippen LogP contribution is 2.26. The number of aromatic nitrogens is 4. The summed E-state index contributed by atoms with van der Waals surface area (Å²) in [7, 11) is 0. The number of primary amides is 1. The van der Waals surface area contributed by atoms with Crippen molar-refractivity contribution in [3.05, 3.63) is 35.8 Å². The van der Waals surface area contributed by atoms with Crippen molar-refractivity contribution < 1.29 is 19.2 Å². The number of carbonyl (C=O) groups excluding carboxylic acids is 4. The first-order valence-electron chi connectivity index (χ1n) is 13.2. The molecule has 0 radical (unpaired) electrons. The second kappa shape index (κ2) is 11.7. The topological polar surface area (TPSA) is 180 Å². The molecule has 0 aromatic carbocycles. The van der Waals surface area contributed by atoms with E-state index in [1.54, 1.807) is 24.4 Å². The lowest BCUT2D eigenvalue weighted by Crippen LogP contribution is -2.52. The molecule has 2 aromatic heterocycles. The van der Waals surface area contributed by atoms with Crippen molar-refractivity contribution in [3.63, 3.8) is 0 Å². The molecule has 4 N–H and O–H groups in total. The van der Waals surface area contributed by atoms with Crippen LogP contribution in [-0.2, 0) is 9.59 Å². The third kappa shape index (κ3) is 6.28. The van der Waals surface area contributed by atoms with Crippen molar-refractivity contribution >= 4 is 35.1 Å². The number of rotatable bonds is 7. The van der Waals surface area contributed by atoms with Crippen LogP contribution in [0.4, 0.5) is 11.5 Å². The van der Waals surface area contributed by atoms with Gasteiger partial charge in [0.25, 0.3) is 11.8 Å². The Kier molecular flexibility index (Phi) is 7.91. The van der Waals surface area contributed by atoms with Crippen LogP contribution in [0.3, 0.4) is 0 Å². The highest BCUT2D eigenvalue weighted by Gasteiger charge is 2.29. The SMILES string of the molecule is NC(=O)c1nnccc1N1CCC(CN2CCN(c3ccc(C(=O)NC4CCC(=O)NC4=O)nn3)CC2)CC1. The molecule has 0 spiro atoms. The predicted molar refractivity (Wildman–Crippen MR) is 140 cm³/mol. The Morgan fingerprint density at radius 2 is 1.72 bits per heavy atom. The van der Waals surface area contributed by atoms with Crippen molar-refractivity contribution in [1.82, 2.24) is 35.9 Å². The van der Waals surface area contributed by atoms with Crippen LogP contribution >= 0.6 is 0 Å². The van der Waals surface area contributed by atoms with E-state index in [1.165, 1.54) is 0 Å². The van der Waals surface area contributed by atoms with Gasteiger partial charge < -0.3 is 20.9 Å². The van der Waals surface area contributed by atoms with Gasteiger partial charge in [0, 0.05) is 52.2 Å². The van der Waals surface area contributed by atoms with E-state index in [9.17, 15) is 19.2 Å². The molecule has 1 unspecified atom stereocenters. The number of carbonyl (C=O) groups is 4. The third-order valence-corrected chi connectivity index (χ3v) is 7.53. The van der Waals surface area contributed by atoms with Gasteiger partial charge in [-0.05, 0) is 43.4 Å². The van der Waals surface area contributed by atoms with Gasteiger partial charge in [0.15, 0.2) is 17.2 Å². The largest absolute Gasteiger partial charge is 0.370 e. The quantitative estimate of drug-likeness (QED) is 0.367. The molecule has 3 saturated heterocycles. The molecule has 3 aliphatic heterocycles. The maximum absolute atomic E-state index is 12.5. The Bertz CT molecular complexity index is 1220. The first kappa shape index (κ1) is 26.4. The highest BCUT2D eigenvalue weighted by atomic mass is 16.2. The number of amides is 4. The summed E-state index contributed by atoms with van der Waals surface area (Å²) in [5.41, 5.74) is 6.56. The molecular formula is C25H32N10O4. The number of nitrogens with two attached hydrogens (primary N) is 1. The maximum Gasteiger partial charge on any atom is 0.272 e. The summed E-state index contributed by atoms with van der Waals surface area (Å²) in [6.07, 6.45) is 4.09. The number of imide groups is 1. The molecule has 39 heavy (non-hydrogen) atoms. The van der Waals surface area contributed by atoms with Crippen molar-refractivity contribution in [2.45, 2.75) is 31.7 Å². The van der Waals surface area contributed by atoms with Crippen molar-refractivity contribution in [2.24, 2.45) is 11.7 Å². The average Bonchev–Trinajstić information content (AvgIpc) is 2.95. The summed E-state index contributed by atoms with van der Waals surface area (Å²) in [6.45, 7) is 6.12. The zero-order chi connectivity index (χ0) is 27.4. The van der Waals surface area contributed by atoms with Gasteiger partial charge in [-0.1, -0.05) is 0 Å². The van der Waals surface area contributed by atoms with Gasteiger partial charge in [0.2, 0.25) is 11.8 Å². The van der Waals surface area contributed by atoms with E-state index in [4.69, 9.17) is 5.73 Å². The highest BCUT2D eigenvalue weighted by molar-refractivity contribution is 6.03. The minimum absolute atomic E-state index is 0.124. The minimum atomic E-state index is -0.753. The first-order valence-corrected chi connectivity index (χ1v) is 13.2. The van der Waals surface area contributed by atoms with Crippen LogP contribution in [0.15, 0.2) is 24.4 Å². The zero-order valence-electron chi connectivity index (χ0n) is 21.6. The molecule has 206 valence electrons. The lowest BCUT2D eigenvalue weighted by atomic mass is 9.95. The molecule has 0 saturated carbocycles. The average molecular weight is 537 g/mol. The summed E-state index contributed by atoms with van der Waals surface area (Å²) < 4.78 is 0. The summed E-state index contributed by atoms with van der Waals surface area (Å²) >= 11 is 0. The summed E-state index contributed by atoms with van der Waals surface area (Å²) in [5.74, 6) is -0.619. The normalized spacial score (nSPS) is 21.0. The van der Waals surface area contributed by atoms with E-state index < -0.39 is 23.8 Å². The minimum Gasteiger partial charge on any atom is -0.370 e. The molecule has 3 aliphatic rings. The maximum atomic E-state index is 12.5. The van der Waals surface area contributed by atoms with Gasteiger partial charge in [-0.2, -0.15) is 5.10 Å². The van der Waals surface area contributed by atoms with E-state index in [-0.39, 0.29) is 30.1 Å². The van der Waals surface area contributed by atoms with Gasteiger partial charge in [-0.3, -0.25) is 29.4 Å². The Balaban J connectivity index is 1.06. The lowest BCUT2D eigenvalue weighted by molar-refractivity contribution is -0.134. The van der Waals surface area contributed by atoms with Crippen molar-refractivity contribution in [2.75, 3.05) is 55.6 Å². The van der Waals surface area contributed by atoms with Gasteiger partial charge in [-0.15, -0.1) is 15.3 Å². The number of anilines is 2. The molecule has 1 atom stereocenters. The lowest BCUT2D eigenvalue weighted by Gasteiger charge is -2.39. The van der Waals surface area contributed by atoms with Crippen molar-refractivity contribution in [3.8, 4) is 0 Å². The molecular weight excluding hydrogens is 504 g/mol. The second-order valence-corrected chi connectivity index (χ2v) is 10.1. The fraction of sp³-hybridized carbons (Fsp3) is 0.520. The molecule has 4 amide bonds. The molecule has 0 bridgehead atoms. The number of nitrogens with one attached hydrogen (secondary N) is 2. The van der Waals surface area contributed by atoms with Gasteiger partial charge in [-0.25, -0.2) is 0 Å². The smallest absolute Gasteiger partial charge is 0.272 e. The third-order valence-electron chi connectivity index (χ3n) is 7.53. The van der Waals surface area contributed by atoms with E-state index in [1.807, 2.05) is 0 Å². The molecule has 3 fully saturated rings. The molecule has 5 rings (SSSR count). The van der Waals surface area contributed by atoms with E-state index >= 15 is 0 Å². The second-order valence-electron chi connectivity index (χ2n) is 10.1. The summed E-state index contributed by atoms with van der Waals surface area (Å²) in [6, 6.07) is 4.42. The Labute approximate surface area is 225 Å². The molecule has 0 aliphatic carbocycles. The van der Waals surface area contributed by atoms with Crippen molar-refractivity contribution in [1.29, 1.82) is 0 Å². The summed E-state index contributed by atoms with van der Waals surface area (Å²) in [5, 5.41) is 20.8. The Hall–Kier alpha value is -4.20. The summed E-state index contributed by atoms with van der Waals surface area (Å²) in [4.78, 5) is 54.1. The van der Waals surface area contributed by atoms with E-state index in [2.05, 4.69) is 45.7 Å². The van der Waals surface area contributed by atoms with Gasteiger partial charge in [0.05, 0.1) is 11.9 Å². The number of hydrogen-bond donors (Lipinski definition) is 3. The van der Waals surface area contributed by atoms with Crippen LogP contribution in [0.1, 0.15) is 46.7 Å². The Morgan fingerprint density at radius 3 is 2.38 bits per heavy atom. The molecule has 2 aromatic rings. The number of hydrogen-bond acceptors (Lipinski definition) is 11. The van der Waals surface area contributed by atoms with E-state index in [0.29, 0.717) is 11.7 Å². The van der Waals surface area contributed by atoms with E-state index in [0.717, 1.165) is 64.3 Å². The number of nitrogens with zero attached hydrogens (tertiary/aromatic N) is 7. The van der Waals surface area contributed by atoms with Crippen LogP contribution in [0, 0.1) is 5.92 Å². The first-order chi connectivity index (χ1) is 18.9. The zero-order valence-corrected chi connectivity index (χ0v) is 21.6. The predicted octanol–water partition coefficient (Wildman–Crippen LogP) is -1.06. The van der Waals surface area contributed by atoms with Crippen LogP contribution in [0.5, 0.6) is 0 Å². The molecule has 5 heterocycles. The fourth-order valence-electron chi connectivity index (χ4n) is 5.32. The van der Waals surface area contributed by atoms with Gasteiger partial charge in [0.1, 0.15) is 6.04 Å². The van der Waals surface area contributed by atoms with Crippen LogP contribution < -0.4 is 26.2 Å². The monoisotopic (exact) mass is 536 g/mol. The van der Waals surface area contributed by atoms with Gasteiger partial charge >= 0.3 is 0 Å². The molecule has 14 heteroatoms. The Morgan fingerprint density at radius 1 is 0.949 bits per heavy atom. The number of piperidine rings is 2. The fourth-order valence-corrected chi connectivity index (χ4v) is 5.32. The van der Waals surface area contributed by atoms with Crippen LogP contribution in [0.2, 0.25) is 0 Å². The molecule has 14 nitrogen and oxygen atoms in total. The van der Waals surface area contributed by atoms with Crippen LogP contribution in [-0.4, -0.2) is 101 Å². The number of piperazine rings is 1. The standard InChI is InChI=1S/C25H32N10O4/c26-23(37)22-19(5-8-27-32-22)34-9-6-16(7-10-34)15-33-11-13-35(14-12-33)20-3-1-18(30-31-20)25(39)28-17-2-4-21(36)29-24(17)38/h1,3,5,8,16-17H,2,4,6-7,9-15H2,(H2,26,37)(H,28,39)(H,29,36,38). The van der Waals surface area contributed by atoms with Crippen LogP contribution in [0.25, 0.3) is 0 Å².